The fourth-order valence-corrected chi connectivity index (χ4v) is 3.02. The number of thiazole rings is 1. The Morgan fingerprint density at radius 1 is 1.05 bits per heavy atom. The molecular formula is C15H14N4S. The van der Waals surface area contributed by atoms with Gasteiger partial charge in [-0.2, -0.15) is 0 Å². The van der Waals surface area contributed by atoms with Gasteiger partial charge in [-0.25, -0.2) is 15.0 Å². The maximum Gasteiger partial charge on any atom is 0.161 e. The van der Waals surface area contributed by atoms with E-state index in [0.29, 0.717) is 11.6 Å². The van der Waals surface area contributed by atoms with Gasteiger partial charge in [0.1, 0.15) is 5.82 Å². The van der Waals surface area contributed by atoms with Gasteiger partial charge in [-0.15, -0.1) is 11.3 Å². The van der Waals surface area contributed by atoms with E-state index in [4.69, 9.17) is 5.73 Å². The Labute approximate surface area is 121 Å². The maximum absolute atomic E-state index is 6.10. The molecule has 3 rings (SSSR count). The van der Waals surface area contributed by atoms with Crippen LogP contribution in [0, 0.1) is 13.8 Å². The average Bonchev–Trinajstić information content (AvgIpc) is 2.78. The van der Waals surface area contributed by atoms with Gasteiger partial charge in [-0.3, -0.25) is 0 Å². The fraction of sp³-hybridized carbons (Fsp3) is 0.133. The Morgan fingerprint density at radius 2 is 1.80 bits per heavy atom. The number of benzene rings is 1. The summed E-state index contributed by atoms with van der Waals surface area (Å²) in [6, 6.07) is 9.82. The zero-order chi connectivity index (χ0) is 14.1. The Morgan fingerprint density at radius 3 is 2.40 bits per heavy atom. The predicted octanol–water partition coefficient (Wildman–Crippen LogP) is 3.47. The zero-order valence-electron chi connectivity index (χ0n) is 11.3. The molecule has 20 heavy (non-hydrogen) atoms. The molecule has 0 aliphatic rings. The lowest BCUT2D eigenvalue weighted by molar-refractivity contribution is 1.17. The quantitative estimate of drug-likeness (QED) is 0.781. The van der Waals surface area contributed by atoms with Crippen LogP contribution in [0.1, 0.15) is 10.7 Å². The second kappa shape index (κ2) is 5.02. The Hall–Kier alpha value is -2.27. The van der Waals surface area contributed by atoms with Gasteiger partial charge in [0.25, 0.3) is 0 Å². The number of rotatable bonds is 2. The van der Waals surface area contributed by atoms with Gasteiger partial charge in [0, 0.05) is 11.8 Å². The number of aryl methyl sites for hydroxylation is 2. The van der Waals surface area contributed by atoms with E-state index in [1.165, 1.54) is 0 Å². The summed E-state index contributed by atoms with van der Waals surface area (Å²) in [5, 5.41) is 1.02. The number of hydrogen-bond donors (Lipinski definition) is 1. The molecule has 0 radical (unpaired) electrons. The van der Waals surface area contributed by atoms with Crippen LogP contribution < -0.4 is 5.73 Å². The van der Waals surface area contributed by atoms with Crippen LogP contribution in [0.4, 0.5) is 5.82 Å². The minimum absolute atomic E-state index is 0.491. The van der Waals surface area contributed by atoms with Gasteiger partial charge in [-0.05, 0) is 13.8 Å². The van der Waals surface area contributed by atoms with Gasteiger partial charge >= 0.3 is 0 Å². The lowest BCUT2D eigenvalue weighted by Gasteiger charge is -2.05. The molecule has 0 fully saturated rings. The van der Waals surface area contributed by atoms with Crippen molar-refractivity contribution in [1.82, 2.24) is 15.0 Å². The normalized spacial score (nSPS) is 10.7. The highest BCUT2D eigenvalue weighted by molar-refractivity contribution is 7.15. The highest BCUT2D eigenvalue weighted by Crippen LogP contribution is 2.33. The molecule has 2 N–H and O–H groups in total. The molecule has 1 aromatic carbocycles. The third-order valence-electron chi connectivity index (χ3n) is 3.00. The van der Waals surface area contributed by atoms with E-state index in [9.17, 15) is 0 Å². The number of hydrogen-bond acceptors (Lipinski definition) is 5. The van der Waals surface area contributed by atoms with Gasteiger partial charge in [-0.1, -0.05) is 30.3 Å². The van der Waals surface area contributed by atoms with Crippen molar-refractivity contribution in [2.24, 2.45) is 0 Å². The maximum atomic E-state index is 6.10. The summed E-state index contributed by atoms with van der Waals surface area (Å²) in [4.78, 5) is 14.3. The van der Waals surface area contributed by atoms with Crippen LogP contribution in [-0.2, 0) is 0 Å². The molecule has 2 heterocycles. The second-order valence-electron chi connectivity index (χ2n) is 4.51. The minimum Gasteiger partial charge on any atom is -0.383 e. The van der Waals surface area contributed by atoms with Crippen LogP contribution in [0.3, 0.4) is 0 Å². The molecule has 3 aromatic rings. The zero-order valence-corrected chi connectivity index (χ0v) is 12.1. The number of nitrogen functional groups attached to an aromatic ring is 1. The first-order chi connectivity index (χ1) is 9.65. The van der Waals surface area contributed by atoms with Gasteiger partial charge < -0.3 is 5.73 Å². The summed E-state index contributed by atoms with van der Waals surface area (Å²) in [6.45, 7) is 3.96. The van der Waals surface area contributed by atoms with Crippen molar-refractivity contribution < 1.29 is 0 Å². The Kier molecular flexibility index (Phi) is 3.20. The SMILES string of the molecule is Cc1nc(C)c(-c2cnc(-c3ccccc3)nc2N)s1. The van der Waals surface area contributed by atoms with E-state index in [2.05, 4.69) is 15.0 Å². The number of nitrogens with two attached hydrogens (primary N) is 1. The summed E-state index contributed by atoms with van der Waals surface area (Å²) in [6.07, 6.45) is 1.78. The van der Waals surface area contributed by atoms with Crippen molar-refractivity contribution in [1.29, 1.82) is 0 Å². The van der Waals surface area contributed by atoms with Crippen LogP contribution in [0.2, 0.25) is 0 Å². The van der Waals surface area contributed by atoms with Gasteiger partial charge in [0.2, 0.25) is 0 Å². The van der Waals surface area contributed by atoms with Crippen molar-refractivity contribution in [3.63, 3.8) is 0 Å². The molecule has 5 heteroatoms. The van der Waals surface area contributed by atoms with Crippen LogP contribution in [-0.4, -0.2) is 15.0 Å². The number of anilines is 1. The lowest BCUT2D eigenvalue weighted by atomic mass is 10.2. The fourth-order valence-electron chi connectivity index (χ4n) is 2.08. The van der Waals surface area contributed by atoms with E-state index >= 15 is 0 Å². The summed E-state index contributed by atoms with van der Waals surface area (Å²) in [5.74, 6) is 1.14. The largest absolute Gasteiger partial charge is 0.383 e. The van der Waals surface area contributed by atoms with Crippen LogP contribution >= 0.6 is 11.3 Å². The first-order valence-electron chi connectivity index (χ1n) is 6.27. The van der Waals surface area contributed by atoms with Crippen LogP contribution in [0.5, 0.6) is 0 Å². The van der Waals surface area contributed by atoms with E-state index < -0.39 is 0 Å². The second-order valence-corrected chi connectivity index (χ2v) is 5.71. The molecule has 4 nitrogen and oxygen atoms in total. The molecule has 0 saturated heterocycles. The third kappa shape index (κ3) is 2.28. The average molecular weight is 282 g/mol. The summed E-state index contributed by atoms with van der Waals surface area (Å²) < 4.78 is 0. The Bertz CT molecular complexity index is 750. The lowest BCUT2D eigenvalue weighted by Crippen LogP contribution is -1.98. The van der Waals surface area contributed by atoms with E-state index in [1.54, 1.807) is 17.5 Å². The first kappa shape index (κ1) is 12.7. The highest BCUT2D eigenvalue weighted by atomic mass is 32.1. The van der Waals surface area contributed by atoms with E-state index in [-0.39, 0.29) is 0 Å². The summed E-state index contributed by atoms with van der Waals surface area (Å²) in [5.41, 5.74) is 8.88. The Balaban J connectivity index is 2.06. The molecule has 2 aromatic heterocycles. The standard InChI is InChI=1S/C15H14N4S/c1-9-13(20-10(2)18-9)12-8-17-15(19-14(12)16)11-6-4-3-5-7-11/h3-8H,1-2H3,(H2,16,17,19). The number of nitrogens with zero attached hydrogens (tertiary/aromatic N) is 3. The third-order valence-corrected chi connectivity index (χ3v) is 4.10. The van der Waals surface area contributed by atoms with Crippen molar-refractivity contribution in [3.05, 3.63) is 47.2 Å². The smallest absolute Gasteiger partial charge is 0.161 e. The molecule has 0 aliphatic carbocycles. The molecule has 0 spiro atoms. The van der Waals surface area contributed by atoms with Crippen molar-refractivity contribution >= 4 is 17.2 Å². The summed E-state index contributed by atoms with van der Waals surface area (Å²) >= 11 is 1.61. The summed E-state index contributed by atoms with van der Waals surface area (Å²) in [7, 11) is 0. The van der Waals surface area contributed by atoms with Crippen molar-refractivity contribution in [3.8, 4) is 21.8 Å². The van der Waals surface area contributed by atoms with Gasteiger partial charge in [0.05, 0.1) is 21.1 Å². The molecule has 100 valence electrons. The molecule has 0 unspecified atom stereocenters. The molecule has 0 aliphatic heterocycles. The first-order valence-corrected chi connectivity index (χ1v) is 7.09. The van der Waals surface area contributed by atoms with Crippen LogP contribution in [0.15, 0.2) is 36.5 Å². The highest BCUT2D eigenvalue weighted by Gasteiger charge is 2.13. The topological polar surface area (TPSA) is 64.7 Å². The predicted molar refractivity (Wildman–Crippen MR) is 82.5 cm³/mol. The number of aromatic nitrogens is 3. The van der Waals surface area contributed by atoms with Crippen LogP contribution in [0.25, 0.3) is 21.8 Å². The monoisotopic (exact) mass is 282 g/mol. The molecular weight excluding hydrogens is 268 g/mol. The van der Waals surface area contributed by atoms with E-state index in [1.807, 2.05) is 44.2 Å². The van der Waals surface area contributed by atoms with Crippen molar-refractivity contribution in [2.45, 2.75) is 13.8 Å². The molecule has 0 saturated carbocycles. The molecule has 0 bridgehead atoms. The van der Waals surface area contributed by atoms with E-state index in [0.717, 1.165) is 26.7 Å². The molecule has 0 atom stereocenters. The van der Waals surface area contributed by atoms with Crippen molar-refractivity contribution in [2.75, 3.05) is 5.73 Å². The van der Waals surface area contributed by atoms with Gasteiger partial charge in [0.15, 0.2) is 5.82 Å². The minimum atomic E-state index is 0.491. The molecule has 0 amide bonds.